The van der Waals surface area contributed by atoms with Crippen LogP contribution in [0.2, 0.25) is 0 Å². The number of hydrogen-bond acceptors (Lipinski definition) is 5. The van der Waals surface area contributed by atoms with Crippen molar-refractivity contribution in [2.24, 2.45) is 11.7 Å². The summed E-state index contributed by atoms with van der Waals surface area (Å²) in [6.45, 7) is 4.85. The highest BCUT2D eigenvalue weighted by Crippen LogP contribution is 2.32. The van der Waals surface area contributed by atoms with E-state index in [0.29, 0.717) is 19.1 Å². The summed E-state index contributed by atoms with van der Waals surface area (Å²) in [7, 11) is 0. The molecule has 0 amide bonds. The topological polar surface area (TPSA) is 79.0 Å². The number of ether oxygens (including phenoxy) is 1. The number of nitrogens with zero attached hydrogens (tertiary/aromatic N) is 1. The van der Waals surface area contributed by atoms with Crippen molar-refractivity contribution in [2.45, 2.75) is 63.3 Å². The first-order valence-electron chi connectivity index (χ1n) is 8.04. The summed E-state index contributed by atoms with van der Waals surface area (Å²) in [6.07, 6.45) is 4.41. The molecule has 0 bridgehead atoms. The van der Waals surface area contributed by atoms with Crippen LogP contribution in [-0.4, -0.2) is 65.7 Å². The molecule has 134 valence electrons. The zero-order valence-electron chi connectivity index (χ0n) is 13.4. The second kappa shape index (κ2) is 11.0. The van der Waals surface area contributed by atoms with Crippen LogP contribution >= 0.6 is 24.8 Å². The molecule has 2 rings (SSSR count). The number of rotatable bonds is 5. The monoisotopic (exact) mass is 358 g/mol. The lowest BCUT2D eigenvalue weighted by Gasteiger charge is -2.44. The lowest BCUT2D eigenvalue weighted by atomic mass is 9.79. The molecule has 0 spiro atoms. The molecular weight excluding hydrogens is 327 g/mol. The van der Waals surface area contributed by atoms with Gasteiger partial charge in [0.15, 0.2) is 0 Å². The van der Waals surface area contributed by atoms with Gasteiger partial charge >= 0.3 is 0 Å². The van der Waals surface area contributed by atoms with Crippen molar-refractivity contribution >= 4 is 24.8 Å². The van der Waals surface area contributed by atoms with Crippen LogP contribution in [0.25, 0.3) is 0 Å². The maximum Gasteiger partial charge on any atom is 0.0971 e. The third kappa shape index (κ3) is 5.78. The van der Waals surface area contributed by atoms with Gasteiger partial charge in [0.2, 0.25) is 0 Å². The van der Waals surface area contributed by atoms with E-state index in [1.54, 1.807) is 6.92 Å². The molecule has 4 atom stereocenters. The molecule has 1 unspecified atom stereocenters. The van der Waals surface area contributed by atoms with E-state index in [2.05, 4.69) is 4.90 Å². The second-order valence-corrected chi connectivity index (χ2v) is 6.38. The molecule has 1 aliphatic heterocycles. The molecule has 2 fully saturated rings. The summed E-state index contributed by atoms with van der Waals surface area (Å²) in [5.41, 5.74) is 5.78. The number of hydrogen-bond donors (Lipinski definition) is 3. The number of morpholine rings is 1. The van der Waals surface area contributed by atoms with Crippen molar-refractivity contribution in [3.8, 4) is 0 Å². The highest BCUT2D eigenvalue weighted by Gasteiger charge is 2.38. The van der Waals surface area contributed by atoms with Crippen LogP contribution in [0.3, 0.4) is 0 Å². The lowest BCUT2D eigenvalue weighted by molar-refractivity contribution is -0.0908. The molecule has 0 aromatic rings. The highest BCUT2D eigenvalue weighted by atomic mass is 35.5. The summed E-state index contributed by atoms with van der Waals surface area (Å²) >= 11 is 0. The van der Waals surface area contributed by atoms with E-state index < -0.39 is 18.2 Å². The highest BCUT2D eigenvalue weighted by molar-refractivity contribution is 5.85. The summed E-state index contributed by atoms with van der Waals surface area (Å²) in [5.74, 6) is 0.463. The predicted octanol–water partition coefficient (Wildman–Crippen LogP) is 1.18. The maximum absolute atomic E-state index is 10.6. The quantitative estimate of drug-likeness (QED) is 0.687. The Morgan fingerprint density at radius 2 is 1.55 bits per heavy atom. The Morgan fingerprint density at radius 3 is 2.05 bits per heavy atom. The number of nitrogens with two attached hydrogens (primary N) is 1. The summed E-state index contributed by atoms with van der Waals surface area (Å²) in [5, 5.41) is 20.8. The number of aliphatic hydroxyl groups excluding tert-OH is 2. The molecule has 5 nitrogen and oxygen atoms in total. The third-order valence-corrected chi connectivity index (χ3v) is 4.84. The Balaban J connectivity index is 0.00000220. The predicted molar refractivity (Wildman–Crippen MR) is 92.9 cm³/mol. The first-order chi connectivity index (χ1) is 9.61. The Bertz CT molecular complexity index is 268. The first-order valence-corrected chi connectivity index (χ1v) is 8.04. The zero-order valence-corrected chi connectivity index (χ0v) is 15.0. The van der Waals surface area contributed by atoms with Gasteiger partial charge in [0.05, 0.1) is 25.4 Å². The Morgan fingerprint density at radius 1 is 1.00 bits per heavy atom. The Kier molecular flexibility index (Phi) is 11.2. The van der Waals surface area contributed by atoms with Crippen molar-refractivity contribution in [2.75, 3.05) is 26.3 Å². The lowest BCUT2D eigenvalue weighted by Crippen LogP contribution is -2.58. The van der Waals surface area contributed by atoms with E-state index in [-0.39, 0.29) is 30.9 Å². The van der Waals surface area contributed by atoms with E-state index in [9.17, 15) is 10.2 Å². The van der Waals surface area contributed by atoms with Gasteiger partial charge in [-0.25, -0.2) is 0 Å². The molecule has 7 heteroatoms. The number of aliphatic hydroxyl groups is 2. The van der Waals surface area contributed by atoms with Crippen LogP contribution < -0.4 is 5.73 Å². The van der Waals surface area contributed by atoms with Crippen LogP contribution in [0.4, 0.5) is 0 Å². The van der Waals surface area contributed by atoms with Crippen LogP contribution in [-0.2, 0) is 4.74 Å². The van der Waals surface area contributed by atoms with Gasteiger partial charge in [-0.2, -0.15) is 0 Å². The standard InChI is InChI=1S/C15H30N2O3.2ClH/c1-11(16)14(18)15(19)13(12-5-3-2-4-6-12)17-7-9-20-10-8-17;;/h11-15,18-19H,2-10,16H2,1H3;2*1H/t11-,13?,14+,15-;;/m0../s1. The molecule has 1 aliphatic carbocycles. The molecule has 2 aliphatic rings. The number of halogens is 2. The molecule has 1 saturated carbocycles. The van der Waals surface area contributed by atoms with Crippen LogP contribution in [0.1, 0.15) is 39.0 Å². The van der Waals surface area contributed by atoms with Gasteiger partial charge in [-0.3, -0.25) is 4.90 Å². The Labute approximate surface area is 146 Å². The van der Waals surface area contributed by atoms with Crippen molar-refractivity contribution < 1.29 is 14.9 Å². The van der Waals surface area contributed by atoms with Crippen molar-refractivity contribution in [3.63, 3.8) is 0 Å². The van der Waals surface area contributed by atoms with Gasteiger partial charge in [0, 0.05) is 25.2 Å². The fourth-order valence-corrected chi connectivity index (χ4v) is 3.66. The minimum absolute atomic E-state index is 0. The van der Waals surface area contributed by atoms with E-state index in [1.807, 2.05) is 0 Å². The summed E-state index contributed by atoms with van der Waals surface area (Å²) in [6, 6.07) is -0.391. The van der Waals surface area contributed by atoms with Crippen LogP contribution in [0, 0.1) is 5.92 Å². The van der Waals surface area contributed by atoms with E-state index in [4.69, 9.17) is 10.5 Å². The van der Waals surface area contributed by atoms with Gasteiger partial charge in [-0.1, -0.05) is 19.3 Å². The van der Waals surface area contributed by atoms with Crippen LogP contribution in [0.15, 0.2) is 0 Å². The van der Waals surface area contributed by atoms with Gasteiger partial charge in [-0.05, 0) is 25.7 Å². The molecule has 0 aromatic carbocycles. The van der Waals surface area contributed by atoms with E-state index in [0.717, 1.165) is 25.9 Å². The molecular formula is C15H32Cl2N2O3. The fraction of sp³-hybridized carbons (Fsp3) is 1.00. The molecule has 0 aromatic heterocycles. The minimum atomic E-state index is -0.857. The Hall–Kier alpha value is 0.380. The van der Waals surface area contributed by atoms with E-state index in [1.165, 1.54) is 19.3 Å². The van der Waals surface area contributed by atoms with E-state index >= 15 is 0 Å². The summed E-state index contributed by atoms with van der Waals surface area (Å²) in [4.78, 5) is 2.30. The molecule has 4 N–H and O–H groups in total. The average Bonchev–Trinajstić information content (AvgIpc) is 2.48. The fourth-order valence-electron chi connectivity index (χ4n) is 3.66. The van der Waals surface area contributed by atoms with Gasteiger partial charge in [-0.15, -0.1) is 24.8 Å². The van der Waals surface area contributed by atoms with Gasteiger partial charge in [0.25, 0.3) is 0 Å². The third-order valence-electron chi connectivity index (χ3n) is 4.84. The molecule has 0 radical (unpaired) electrons. The van der Waals surface area contributed by atoms with Gasteiger partial charge in [0.1, 0.15) is 0 Å². The molecule has 22 heavy (non-hydrogen) atoms. The first kappa shape index (κ1) is 22.4. The normalized spacial score (nSPS) is 26.2. The van der Waals surface area contributed by atoms with Crippen molar-refractivity contribution in [3.05, 3.63) is 0 Å². The minimum Gasteiger partial charge on any atom is -0.389 e. The SMILES string of the molecule is C[C@H](N)[C@@H](O)[C@@H](O)C(C1CCCCC1)N1CCOCC1.Cl.Cl. The van der Waals surface area contributed by atoms with Crippen molar-refractivity contribution in [1.82, 2.24) is 4.90 Å². The maximum atomic E-state index is 10.6. The smallest absolute Gasteiger partial charge is 0.0971 e. The average molecular weight is 359 g/mol. The largest absolute Gasteiger partial charge is 0.389 e. The van der Waals surface area contributed by atoms with Gasteiger partial charge < -0.3 is 20.7 Å². The zero-order chi connectivity index (χ0) is 14.5. The molecule has 1 heterocycles. The molecule has 1 saturated heterocycles. The second-order valence-electron chi connectivity index (χ2n) is 6.38. The van der Waals surface area contributed by atoms with Crippen molar-refractivity contribution in [1.29, 1.82) is 0 Å². The van der Waals surface area contributed by atoms with Crippen LogP contribution in [0.5, 0.6) is 0 Å². The summed E-state index contributed by atoms with van der Waals surface area (Å²) < 4.78 is 5.41.